The Morgan fingerprint density at radius 2 is 1.00 bits per heavy atom. The van der Waals surface area contributed by atoms with Crippen LogP contribution in [0.1, 0.15) is 29.3 Å². The van der Waals surface area contributed by atoms with E-state index >= 15 is 0 Å². The number of nitriles is 4. The van der Waals surface area contributed by atoms with Crippen LogP contribution in [0.3, 0.4) is 0 Å². The van der Waals surface area contributed by atoms with Crippen molar-refractivity contribution >= 4 is 80.0 Å². The summed E-state index contributed by atoms with van der Waals surface area (Å²) in [6.07, 6.45) is 3.48. The molecule has 0 saturated carbocycles. The monoisotopic (exact) mass is 596 g/mol. The van der Waals surface area contributed by atoms with E-state index in [2.05, 4.69) is 24.3 Å². The molecule has 0 aliphatic carbocycles. The molecule has 0 aliphatic heterocycles. The zero-order valence-corrected chi connectivity index (χ0v) is 23.6. The molecule has 0 atom stereocenters. The van der Waals surface area contributed by atoms with Crippen molar-refractivity contribution in [3.8, 4) is 55.3 Å². The number of rotatable bonds is 6. The molecule has 5 rings (SSSR count). The first-order valence-electron chi connectivity index (χ1n) is 10.9. The van der Waals surface area contributed by atoms with Gasteiger partial charge in [0.25, 0.3) is 0 Å². The zero-order chi connectivity index (χ0) is 27.5. The van der Waals surface area contributed by atoms with E-state index in [1.54, 1.807) is 36.4 Å². The third-order valence-corrected chi connectivity index (χ3v) is 11.0. The zero-order valence-electron chi connectivity index (χ0n) is 19.5. The van der Waals surface area contributed by atoms with Gasteiger partial charge in [0.15, 0.2) is 11.5 Å². The molecule has 0 radical (unpaired) electrons. The Morgan fingerprint density at radius 3 is 1.36 bits per heavy atom. The van der Waals surface area contributed by atoms with Crippen LogP contribution in [0.25, 0.3) is 42.8 Å². The van der Waals surface area contributed by atoms with Gasteiger partial charge >= 0.3 is 0 Å². The summed E-state index contributed by atoms with van der Waals surface area (Å²) in [7, 11) is 0. The molecule has 0 bridgehead atoms. The van der Waals surface area contributed by atoms with Crippen molar-refractivity contribution in [3.05, 3.63) is 77.8 Å². The number of thiophene rings is 5. The van der Waals surface area contributed by atoms with Crippen LogP contribution in [-0.2, 0) is 0 Å². The summed E-state index contributed by atoms with van der Waals surface area (Å²) < 4.78 is 0. The van der Waals surface area contributed by atoms with E-state index in [0.29, 0.717) is 40.4 Å². The van der Waals surface area contributed by atoms with E-state index in [0.717, 1.165) is 19.5 Å². The van der Waals surface area contributed by atoms with Crippen molar-refractivity contribution in [1.29, 1.82) is 21.0 Å². The first-order valence-corrected chi connectivity index (χ1v) is 15.0. The maximum Gasteiger partial charge on any atom is 0.178 e. The van der Waals surface area contributed by atoms with Crippen LogP contribution in [-0.4, -0.2) is 10.2 Å². The molecule has 5 heterocycles. The molecule has 0 spiro atoms. The summed E-state index contributed by atoms with van der Waals surface area (Å²) in [5.41, 5.74) is 0.882. The summed E-state index contributed by atoms with van der Waals surface area (Å²) in [5, 5.41) is 58.8. The Morgan fingerprint density at radius 1 is 0.564 bits per heavy atom. The SMILES string of the molecule is N#C/C(=C\c1ccc(-c2sc(-c3ccc(/C=C(\C#N)c4ccc(C#N)s4)s3)c(O)c2O)s1)c1ccc(C#N)s1. The van der Waals surface area contributed by atoms with Crippen LogP contribution < -0.4 is 0 Å². The van der Waals surface area contributed by atoms with Gasteiger partial charge in [-0.3, -0.25) is 0 Å². The average molecular weight is 597 g/mol. The molecule has 5 aromatic heterocycles. The Hall–Kier alpha value is -4.46. The Labute approximate surface area is 243 Å². The van der Waals surface area contributed by atoms with Crippen molar-refractivity contribution in [2.75, 3.05) is 0 Å². The van der Waals surface area contributed by atoms with Gasteiger partial charge in [0.2, 0.25) is 0 Å². The molecule has 0 aliphatic rings. The molecule has 0 saturated heterocycles. The Bertz CT molecular complexity index is 1810. The number of hydrogen-bond acceptors (Lipinski definition) is 11. The molecular formula is C28H12N4O2S5. The normalized spacial score (nSPS) is 11.5. The maximum atomic E-state index is 10.7. The highest BCUT2D eigenvalue weighted by Gasteiger charge is 2.22. The minimum absolute atomic E-state index is 0.212. The fraction of sp³-hybridized carbons (Fsp3) is 0. The molecule has 39 heavy (non-hydrogen) atoms. The van der Waals surface area contributed by atoms with Crippen LogP contribution in [0.5, 0.6) is 11.5 Å². The van der Waals surface area contributed by atoms with Gasteiger partial charge in [-0.05, 0) is 60.7 Å². The van der Waals surface area contributed by atoms with E-state index in [1.807, 2.05) is 24.3 Å². The minimum atomic E-state index is -0.212. The van der Waals surface area contributed by atoms with Crippen molar-refractivity contribution in [2.45, 2.75) is 0 Å². The van der Waals surface area contributed by atoms with Gasteiger partial charge in [-0.2, -0.15) is 21.0 Å². The van der Waals surface area contributed by atoms with E-state index in [4.69, 9.17) is 10.5 Å². The van der Waals surface area contributed by atoms with Gasteiger partial charge in [0.05, 0.1) is 20.9 Å². The fourth-order valence-electron chi connectivity index (χ4n) is 3.54. The largest absolute Gasteiger partial charge is 0.503 e. The second-order valence-electron chi connectivity index (χ2n) is 7.75. The molecule has 0 amide bonds. The molecular weight excluding hydrogens is 585 g/mol. The summed E-state index contributed by atoms with van der Waals surface area (Å²) >= 11 is 6.50. The highest BCUT2D eigenvalue weighted by molar-refractivity contribution is 7.27. The number of allylic oxidation sites excluding steroid dienone is 2. The van der Waals surface area contributed by atoms with Crippen LogP contribution in [0.4, 0.5) is 0 Å². The predicted octanol–water partition coefficient (Wildman–Crippen LogP) is 8.61. The molecule has 2 N–H and O–H groups in total. The van der Waals surface area contributed by atoms with Crippen LogP contribution in [0.15, 0.2) is 48.5 Å². The molecule has 0 fully saturated rings. The van der Waals surface area contributed by atoms with Crippen molar-refractivity contribution < 1.29 is 10.2 Å². The lowest BCUT2D eigenvalue weighted by atomic mass is 10.2. The first kappa shape index (κ1) is 26.2. The highest BCUT2D eigenvalue weighted by atomic mass is 32.1. The lowest BCUT2D eigenvalue weighted by molar-refractivity contribution is 0.410. The smallest absolute Gasteiger partial charge is 0.178 e. The van der Waals surface area contributed by atoms with Gasteiger partial charge in [-0.15, -0.1) is 56.7 Å². The van der Waals surface area contributed by atoms with Crippen molar-refractivity contribution in [1.82, 2.24) is 0 Å². The standard InChI is InChI=1S/C28H12N4O2S5/c29-11-15(21-5-3-19(13-31)37-21)9-17-1-7-23(35-17)27-25(33)26(34)28(39-27)24-8-2-18(36-24)10-16(12-30)22-6-4-20(14-32)38-22/h1-10,33-34H/b15-9+,16-10+. The lowest BCUT2D eigenvalue weighted by Gasteiger charge is -1.94. The lowest BCUT2D eigenvalue weighted by Crippen LogP contribution is -1.73. The third-order valence-electron chi connectivity index (χ3n) is 5.34. The summed E-state index contributed by atoms with van der Waals surface area (Å²) in [4.78, 5) is 6.55. The van der Waals surface area contributed by atoms with E-state index in [-0.39, 0.29) is 11.5 Å². The highest BCUT2D eigenvalue weighted by Crippen LogP contribution is 2.53. The van der Waals surface area contributed by atoms with E-state index in [9.17, 15) is 20.7 Å². The Balaban J connectivity index is 1.43. The number of hydrogen-bond donors (Lipinski definition) is 2. The van der Waals surface area contributed by atoms with E-state index < -0.39 is 0 Å². The molecule has 0 aromatic carbocycles. The fourth-order valence-corrected chi connectivity index (χ4v) is 8.29. The van der Waals surface area contributed by atoms with Crippen molar-refractivity contribution in [2.24, 2.45) is 0 Å². The summed E-state index contributed by atoms with van der Waals surface area (Å²) in [6.45, 7) is 0. The van der Waals surface area contributed by atoms with Gasteiger partial charge < -0.3 is 10.2 Å². The molecule has 186 valence electrons. The molecule has 6 nitrogen and oxygen atoms in total. The second kappa shape index (κ2) is 11.1. The topological polar surface area (TPSA) is 136 Å². The molecule has 0 unspecified atom stereocenters. The van der Waals surface area contributed by atoms with Crippen LogP contribution >= 0.6 is 56.7 Å². The summed E-state index contributed by atoms with van der Waals surface area (Å²) in [5.74, 6) is -0.425. The number of aromatic hydroxyl groups is 2. The molecule has 5 aromatic rings. The van der Waals surface area contributed by atoms with Crippen LogP contribution in [0.2, 0.25) is 0 Å². The minimum Gasteiger partial charge on any atom is -0.503 e. The quantitative estimate of drug-likeness (QED) is 0.188. The van der Waals surface area contributed by atoms with Crippen molar-refractivity contribution in [3.63, 3.8) is 0 Å². The van der Waals surface area contributed by atoms with Gasteiger partial charge in [0, 0.05) is 29.3 Å². The van der Waals surface area contributed by atoms with E-state index in [1.165, 1.54) is 56.7 Å². The molecule has 11 heteroatoms. The second-order valence-corrected chi connectivity index (χ2v) is 13.2. The van der Waals surface area contributed by atoms with Crippen LogP contribution in [0, 0.1) is 45.3 Å². The number of nitrogens with zero attached hydrogens (tertiary/aromatic N) is 4. The maximum absolute atomic E-state index is 10.7. The van der Waals surface area contributed by atoms with Gasteiger partial charge in [0.1, 0.15) is 34.0 Å². The Kier molecular flexibility index (Phi) is 7.45. The summed E-state index contributed by atoms with van der Waals surface area (Å²) in [6, 6.07) is 22.7. The predicted molar refractivity (Wildman–Crippen MR) is 159 cm³/mol. The third kappa shape index (κ3) is 5.27. The first-order chi connectivity index (χ1) is 18.9. The van der Waals surface area contributed by atoms with Gasteiger partial charge in [-0.25, -0.2) is 0 Å². The average Bonchev–Trinajstić information content (AvgIpc) is 3.78. The van der Waals surface area contributed by atoms with Gasteiger partial charge in [-0.1, -0.05) is 0 Å².